The maximum atomic E-state index is 13.7. The Morgan fingerprint density at radius 2 is 1.88 bits per heavy atom. The second-order valence-electron chi connectivity index (χ2n) is 5.58. The van der Waals surface area contributed by atoms with E-state index in [1.54, 1.807) is 14.1 Å². The number of halogens is 2. The average Bonchev–Trinajstić information content (AvgIpc) is 2.62. The minimum absolute atomic E-state index is 0. The number of carbonyl (C=O) groups is 1. The lowest BCUT2D eigenvalue weighted by Gasteiger charge is -2.15. The number of pyridine rings is 1. The minimum atomic E-state index is -0.387. The summed E-state index contributed by atoms with van der Waals surface area (Å²) in [5.41, 5.74) is 1.32. The molecule has 1 amide bonds. The molecule has 2 rings (SSSR count). The molecule has 0 spiro atoms. The molecular weight excluding hydrogens is 448 g/mol. The molecule has 2 N–H and O–H groups in total. The number of benzene rings is 1. The lowest BCUT2D eigenvalue weighted by atomic mass is 10.2. The molecule has 1 aromatic heterocycles. The summed E-state index contributed by atoms with van der Waals surface area (Å²) < 4.78 is 13.7. The summed E-state index contributed by atoms with van der Waals surface area (Å²) in [5, 5.41) is 5.97. The van der Waals surface area contributed by atoms with Gasteiger partial charge in [0.1, 0.15) is 5.82 Å². The van der Waals surface area contributed by atoms with E-state index < -0.39 is 0 Å². The van der Waals surface area contributed by atoms with Crippen LogP contribution in [0.5, 0.6) is 0 Å². The molecule has 0 saturated carbocycles. The van der Waals surface area contributed by atoms with E-state index in [1.807, 2.05) is 30.3 Å². The van der Waals surface area contributed by atoms with Crippen LogP contribution in [0.2, 0.25) is 0 Å². The van der Waals surface area contributed by atoms with Crippen LogP contribution in [0.4, 0.5) is 4.39 Å². The second kappa shape index (κ2) is 11.4. The van der Waals surface area contributed by atoms with Crippen molar-refractivity contribution in [3.05, 3.63) is 65.7 Å². The molecule has 0 radical (unpaired) electrons. The van der Waals surface area contributed by atoms with E-state index in [-0.39, 0.29) is 54.5 Å². The van der Waals surface area contributed by atoms with Crippen LogP contribution in [0, 0.1) is 5.82 Å². The van der Waals surface area contributed by atoms with Gasteiger partial charge in [0.25, 0.3) is 0 Å². The normalized spacial score (nSPS) is 10.7. The topological polar surface area (TPSA) is 69.6 Å². The van der Waals surface area contributed by atoms with Crippen LogP contribution in [0.3, 0.4) is 0 Å². The number of carbonyl (C=O) groups excluding carboxylic acids is 1. The summed E-state index contributed by atoms with van der Waals surface area (Å²) >= 11 is 0. The number of hydrogen-bond donors (Lipinski definition) is 2. The predicted molar refractivity (Wildman–Crippen MR) is 111 cm³/mol. The van der Waals surface area contributed by atoms with Crippen LogP contribution in [0.1, 0.15) is 11.3 Å². The van der Waals surface area contributed by atoms with Gasteiger partial charge in [0.2, 0.25) is 5.91 Å². The van der Waals surface area contributed by atoms with Crippen molar-refractivity contribution >= 4 is 35.8 Å². The lowest BCUT2D eigenvalue weighted by Crippen LogP contribution is -2.42. The molecule has 2 aromatic rings. The van der Waals surface area contributed by atoms with E-state index in [0.717, 1.165) is 5.56 Å². The van der Waals surface area contributed by atoms with Gasteiger partial charge in [-0.25, -0.2) is 9.38 Å². The first-order chi connectivity index (χ1) is 12.1. The Labute approximate surface area is 169 Å². The van der Waals surface area contributed by atoms with Crippen molar-refractivity contribution in [3.63, 3.8) is 0 Å². The van der Waals surface area contributed by atoms with Crippen LogP contribution in [0.25, 0.3) is 0 Å². The highest BCUT2D eigenvalue weighted by Crippen LogP contribution is 2.02. The molecule has 6 nitrogen and oxygen atoms in total. The van der Waals surface area contributed by atoms with Gasteiger partial charge in [-0.3, -0.25) is 9.78 Å². The Bertz CT molecular complexity index is 725. The maximum Gasteiger partial charge on any atom is 0.241 e. The van der Waals surface area contributed by atoms with E-state index >= 15 is 0 Å². The summed E-state index contributed by atoms with van der Waals surface area (Å²) in [7, 11) is 3.36. The third-order valence-corrected chi connectivity index (χ3v) is 3.43. The fourth-order valence-electron chi connectivity index (χ4n) is 1.96. The molecule has 0 aliphatic rings. The number of rotatable bonds is 6. The monoisotopic (exact) mass is 471 g/mol. The molecule has 0 bridgehead atoms. The van der Waals surface area contributed by atoms with Crippen molar-refractivity contribution in [1.82, 2.24) is 20.5 Å². The third-order valence-electron chi connectivity index (χ3n) is 3.43. The zero-order chi connectivity index (χ0) is 18.1. The number of guanidine groups is 1. The summed E-state index contributed by atoms with van der Waals surface area (Å²) in [6.45, 7) is 0.707. The molecule has 1 aromatic carbocycles. The minimum Gasteiger partial charge on any atom is -0.351 e. The Kier molecular flexibility index (Phi) is 9.56. The second-order valence-corrected chi connectivity index (χ2v) is 5.58. The largest absolute Gasteiger partial charge is 0.351 e. The average molecular weight is 471 g/mol. The predicted octanol–water partition coefficient (Wildman–Crippen LogP) is 2.16. The van der Waals surface area contributed by atoms with Crippen LogP contribution in [-0.4, -0.2) is 42.4 Å². The van der Waals surface area contributed by atoms with E-state index in [0.29, 0.717) is 12.5 Å². The molecule has 0 unspecified atom stereocenters. The molecule has 26 heavy (non-hydrogen) atoms. The zero-order valence-corrected chi connectivity index (χ0v) is 17.1. The first-order valence-electron chi connectivity index (χ1n) is 7.92. The number of aromatic nitrogens is 1. The van der Waals surface area contributed by atoms with Crippen molar-refractivity contribution in [1.29, 1.82) is 0 Å². The zero-order valence-electron chi connectivity index (χ0n) is 14.8. The summed E-state index contributed by atoms with van der Waals surface area (Å²) in [6.07, 6.45) is 1.53. The molecule has 0 fully saturated rings. The smallest absolute Gasteiger partial charge is 0.241 e. The number of nitrogens with one attached hydrogen (secondary N) is 2. The van der Waals surface area contributed by atoms with Crippen LogP contribution < -0.4 is 10.6 Å². The lowest BCUT2D eigenvalue weighted by molar-refractivity contribution is -0.127. The van der Waals surface area contributed by atoms with E-state index in [9.17, 15) is 9.18 Å². The Morgan fingerprint density at radius 1 is 1.15 bits per heavy atom. The Balaban J connectivity index is 0.00000338. The number of likely N-dealkylation sites (N-methyl/N-ethyl adjacent to an activating group) is 1. The first-order valence-corrected chi connectivity index (χ1v) is 7.92. The standard InChI is InChI=1S/C18H22FN5O.HI/c1-24(2)17(25)13-23-18(21-11-14-7-4-3-5-8-14)22-12-16-15(19)9-6-10-20-16;/h3-10H,11-13H2,1-2H3,(H2,21,22,23);1H. The van der Waals surface area contributed by atoms with Gasteiger partial charge in [0.05, 0.1) is 25.3 Å². The van der Waals surface area contributed by atoms with Gasteiger partial charge in [0, 0.05) is 20.3 Å². The summed E-state index contributed by atoms with van der Waals surface area (Å²) in [4.78, 5) is 21.7. The Morgan fingerprint density at radius 3 is 2.54 bits per heavy atom. The quantitative estimate of drug-likeness (QED) is 0.385. The van der Waals surface area contributed by atoms with E-state index in [1.165, 1.54) is 23.2 Å². The van der Waals surface area contributed by atoms with Crippen molar-refractivity contribution in [2.75, 3.05) is 20.6 Å². The fraction of sp³-hybridized carbons (Fsp3) is 0.278. The van der Waals surface area contributed by atoms with E-state index in [4.69, 9.17) is 0 Å². The van der Waals surface area contributed by atoms with Gasteiger partial charge in [-0.05, 0) is 17.7 Å². The SMILES string of the molecule is CN(C)C(=O)CNC(=NCc1ccccc1)NCc1ncccc1F.I. The molecule has 0 aliphatic heterocycles. The van der Waals surface area contributed by atoms with Crippen LogP contribution in [-0.2, 0) is 17.9 Å². The van der Waals surface area contributed by atoms with Gasteiger partial charge in [-0.15, -0.1) is 24.0 Å². The highest BCUT2D eigenvalue weighted by atomic mass is 127. The molecular formula is C18H23FIN5O. The van der Waals surface area contributed by atoms with Crippen molar-refractivity contribution < 1.29 is 9.18 Å². The summed E-state index contributed by atoms with van der Waals surface area (Å²) in [5.74, 6) is -0.0517. The number of hydrogen-bond acceptors (Lipinski definition) is 3. The van der Waals surface area contributed by atoms with Crippen LogP contribution >= 0.6 is 24.0 Å². The highest BCUT2D eigenvalue weighted by molar-refractivity contribution is 14.0. The molecule has 140 valence electrons. The molecule has 8 heteroatoms. The van der Waals surface area contributed by atoms with Gasteiger partial charge < -0.3 is 15.5 Å². The van der Waals surface area contributed by atoms with Crippen molar-refractivity contribution in [2.45, 2.75) is 13.1 Å². The van der Waals surface area contributed by atoms with E-state index in [2.05, 4.69) is 20.6 Å². The molecule has 0 aliphatic carbocycles. The molecule has 0 atom stereocenters. The van der Waals surface area contributed by atoms with Gasteiger partial charge in [-0.1, -0.05) is 30.3 Å². The fourth-order valence-corrected chi connectivity index (χ4v) is 1.96. The van der Waals surface area contributed by atoms with Crippen LogP contribution in [0.15, 0.2) is 53.7 Å². The maximum absolute atomic E-state index is 13.7. The van der Waals surface area contributed by atoms with Crippen molar-refractivity contribution in [2.24, 2.45) is 4.99 Å². The molecule has 1 heterocycles. The first kappa shape index (κ1) is 21.8. The third kappa shape index (κ3) is 7.34. The highest BCUT2D eigenvalue weighted by Gasteiger charge is 2.08. The number of amides is 1. The van der Waals surface area contributed by atoms with Gasteiger partial charge >= 0.3 is 0 Å². The summed E-state index contributed by atoms with van der Waals surface area (Å²) in [6, 6.07) is 12.6. The molecule has 0 saturated heterocycles. The van der Waals surface area contributed by atoms with Gasteiger partial charge in [0.15, 0.2) is 5.96 Å². The number of nitrogens with zero attached hydrogens (tertiary/aromatic N) is 3. The number of aliphatic imine (C=N–C) groups is 1. The Hall–Kier alpha value is -2.23. The van der Waals surface area contributed by atoms with Crippen molar-refractivity contribution in [3.8, 4) is 0 Å². The van der Waals surface area contributed by atoms with Gasteiger partial charge in [-0.2, -0.15) is 0 Å².